The van der Waals surface area contributed by atoms with E-state index in [-0.39, 0.29) is 0 Å². The third-order valence-electron chi connectivity index (χ3n) is 3.71. The maximum absolute atomic E-state index is 12.9. The molecule has 2 aromatic carbocycles. The lowest BCUT2D eigenvalue weighted by Gasteiger charge is -2.11. The predicted octanol–water partition coefficient (Wildman–Crippen LogP) is 5.65. The standard InChI is InChI=1S/C20H17F3N2O/c1-2-26-19-10-4-7-16(13-19)24-14-18-9-5-11-25(18)17-8-3-6-15(12-17)20(21,22)23/h3-14H,2H2,1H3. The lowest BCUT2D eigenvalue weighted by molar-refractivity contribution is -0.137. The van der Waals surface area contributed by atoms with Crippen LogP contribution in [-0.4, -0.2) is 17.4 Å². The van der Waals surface area contributed by atoms with E-state index in [0.29, 0.717) is 23.7 Å². The molecule has 0 N–H and O–H groups in total. The summed E-state index contributed by atoms with van der Waals surface area (Å²) in [5, 5.41) is 0. The molecule has 0 amide bonds. The van der Waals surface area contributed by atoms with Gasteiger partial charge in [-0.25, -0.2) is 0 Å². The monoisotopic (exact) mass is 358 g/mol. The second-order valence-electron chi connectivity index (χ2n) is 5.54. The van der Waals surface area contributed by atoms with E-state index in [9.17, 15) is 13.2 Å². The van der Waals surface area contributed by atoms with Gasteiger partial charge < -0.3 is 9.30 Å². The van der Waals surface area contributed by atoms with Crippen LogP contribution in [-0.2, 0) is 6.18 Å². The van der Waals surface area contributed by atoms with Gasteiger partial charge in [-0.2, -0.15) is 13.2 Å². The summed E-state index contributed by atoms with van der Waals surface area (Å²) in [6, 6.07) is 16.1. The number of aromatic nitrogens is 1. The first-order chi connectivity index (χ1) is 12.5. The van der Waals surface area contributed by atoms with Gasteiger partial charge in [0.2, 0.25) is 0 Å². The molecule has 0 radical (unpaired) electrons. The van der Waals surface area contributed by atoms with Gasteiger partial charge in [0.25, 0.3) is 0 Å². The lowest BCUT2D eigenvalue weighted by atomic mass is 10.2. The summed E-state index contributed by atoms with van der Waals surface area (Å²) in [5.41, 5.74) is 1.12. The van der Waals surface area contributed by atoms with Gasteiger partial charge in [-0.15, -0.1) is 0 Å². The zero-order chi connectivity index (χ0) is 18.6. The van der Waals surface area contributed by atoms with E-state index >= 15 is 0 Å². The fourth-order valence-electron chi connectivity index (χ4n) is 2.53. The molecule has 3 rings (SSSR count). The Labute approximate surface area is 149 Å². The molecule has 0 aliphatic rings. The van der Waals surface area contributed by atoms with Crippen LogP contribution in [0.1, 0.15) is 18.2 Å². The first-order valence-electron chi connectivity index (χ1n) is 8.09. The summed E-state index contributed by atoms with van der Waals surface area (Å²) in [6.07, 6.45) is -1.06. The van der Waals surface area contributed by atoms with Crippen molar-refractivity contribution in [3.63, 3.8) is 0 Å². The molecule has 0 aliphatic heterocycles. The minimum Gasteiger partial charge on any atom is -0.494 e. The van der Waals surface area contributed by atoms with Gasteiger partial charge in [0, 0.05) is 18.0 Å². The molecule has 3 aromatic rings. The molecule has 3 nitrogen and oxygen atoms in total. The van der Waals surface area contributed by atoms with Gasteiger partial charge in [-0.3, -0.25) is 4.99 Å². The largest absolute Gasteiger partial charge is 0.494 e. The average molecular weight is 358 g/mol. The Morgan fingerprint density at radius 1 is 1.04 bits per heavy atom. The summed E-state index contributed by atoms with van der Waals surface area (Å²) < 4.78 is 45.9. The Bertz CT molecular complexity index is 913. The predicted molar refractivity (Wildman–Crippen MR) is 95.6 cm³/mol. The third kappa shape index (κ3) is 4.14. The SMILES string of the molecule is CCOc1cccc(N=Cc2cccn2-c2cccc(C(F)(F)F)c2)c1. The van der Waals surface area contributed by atoms with Gasteiger partial charge in [0.05, 0.1) is 29.8 Å². The number of alkyl halides is 3. The number of ether oxygens (including phenoxy) is 1. The molecule has 26 heavy (non-hydrogen) atoms. The highest BCUT2D eigenvalue weighted by Gasteiger charge is 2.30. The maximum atomic E-state index is 12.9. The van der Waals surface area contributed by atoms with E-state index < -0.39 is 11.7 Å². The zero-order valence-corrected chi connectivity index (χ0v) is 14.1. The fourth-order valence-corrected chi connectivity index (χ4v) is 2.53. The van der Waals surface area contributed by atoms with E-state index in [1.807, 2.05) is 25.1 Å². The second kappa shape index (κ2) is 7.47. The Hall–Kier alpha value is -3.02. The van der Waals surface area contributed by atoms with Crippen LogP contribution in [0.3, 0.4) is 0 Å². The van der Waals surface area contributed by atoms with Gasteiger partial charge >= 0.3 is 6.18 Å². The van der Waals surface area contributed by atoms with Crippen LogP contribution in [0.15, 0.2) is 71.9 Å². The van der Waals surface area contributed by atoms with E-state index in [0.717, 1.165) is 17.9 Å². The summed E-state index contributed by atoms with van der Waals surface area (Å²) >= 11 is 0. The van der Waals surface area contributed by atoms with Crippen molar-refractivity contribution in [1.29, 1.82) is 0 Å². The number of aliphatic imine (C=N–C) groups is 1. The normalized spacial score (nSPS) is 11.8. The number of halogens is 3. The van der Waals surface area contributed by atoms with E-state index in [2.05, 4.69) is 4.99 Å². The number of rotatable bonds is 5. The number of hydrogen-bond acceptors (Lipinski definition) is 2. The highest BCUT2D eigenvalue weighted by atomic mass is 19.4. The molecule has 0 spiro atoms. The maximum Gasteiger partial charge on any atom is 0.416 e. The van der Waals surface area contributed by atoms with Crippen LogP contribution in [0.5, 0.6) is 5.75 Å². The van der Waals surface area contributed by atoms with Crippen LogP contribution in [0.25, 0.3) is 5.69 Å². The van der Waals surface area contributed by atoms with E-state index in [1.54, 1.807) is 41.2 Å². The third-order valence-corrected chi connectivity index (χ3v) is 3.71. The van der Waals surface area contributed by atoms with Crippen LogP contribution >= 0.6 is 0 Å². The first-order valence-corrected chi connectivity index (χ1v) is 8.09. The highest BCUT2D eigenvalue weighted by Crippen LogP contribution is 2.30. The van der Waals surface area contributed by atoms with Crippen molar-refractivity contribution in [2.75, 3.05) is 6.61 Å². The van der Waals surface area contributed by atoms with Crippen LogP contribution in [0, 0.1) is 0 Å². The molecule has 0 aliphatic carbocycles. The molecule has 0 atom stereocenters. The summed E-state index contributed by atoms with van der Waals surface area (Å²) in [6.45, 7) is 2.46. The Kier molecular flexibility index (Phi) is 5.11. The Morgan fingerprint density at radius 2 is 1.85 bits per heavy atom. The molecule has 1 heterocycles. The van der Waals surface area contributed by atoms with Crippen LogP contribution < -0.4 is 4.74 Å². The molecule has 0 saturated heterocycles. The number of benzene rings is 2. The molecule has 1 aromatic heterocycles. The van der Waals surface area contributed by atoms with Crippen LogP contribution in [0.2, 0.25) is 0 Å². The average Bonchev–Trinajstić information content (AvgIpc) is 3.09. The quantitative estimate of drug-likeness (QED) is 0.542. The summed E-state index contributed by atoms with van der Waals surface area (Å²) in [7, 11) is 0. The van der Waals surface area contributed by atoms with Gasteiger partial charge in [0.1, 0.15) is 5.75 Å². The van der Waals surface area contributed by atoms with Crippen molar-refractivity contribution >= 4 is 11.9 Å². The lowest BCUT2D eigenvalue weighted by Crippen LogP contribution is -2.06. The molecule has 6 heteroatoms. The van der Waals surface area contributed by atoms with Crippen molar-refractivity contribution in [1.82, 2.24) is 4.57 Å². The molecule has 134 valence electrons. The van der Waals surface area contributed by atoms with Gasteiger partial charge in [-0.1, -0.05) is 12.1 Å². The van der Waals surface area contributed by atoms with Crippen molar-refractivity contribution in [2.45, 2.75) is 13.1 Å². The summed E-state index contributed by atoms with van der Waals surface area (Å²) in [5.74, 6) is 0.718. The summed E-state index contributed by atoms with van der Waals surface area (Å²) in [4.78, 5) is 4.40. The van der Waals surface area contributed by atoms with E-state index in [4.69, 9.17) is 4.74 Å². The minimum absolute atomic E-state index is 0.425. The molecule has 0 bridgehead atoms. The van der Waals surface area contributed by atoms with Crippen molar-refractivity contribution in [2.24, 2.45) is 4.99 Å². The van der Waals surface area contributed by atoms with Crippen molar-refractivity contribution < 1.29 is 17.9 Å². The van der Waals surface area contributed by atoms with Crippen molar-refractivity contribution in [3.8, 4) is 11.4 Å². The Morgan fingerprint density at radius 3 is 2.62 bits per heavy atom. The zero-order valence-electron chi connectivity index (χ0n) is 14.1. The van der Waals surface area contributed by atoms with Gasteiger partial charge in [-0.05, 0) is 49.4 Å². The van der Waals surface area contributed by atoms with Crippen molar-refractivity contribution in [3.05, 3.63) is 78.1 Å². The highest BCUT2D eigenvalue weighted by molar-refractivity contribution is 5.81. The van der Waals surface area contributed by atoms with E-state index in [1.165, 1.54) is 6.07 Å². The molecular weight excluding hydrogens is 341 g/mol. The number of nitrogens with zero attached hydrogens (tertiary/aromatic N) is 2. The first kappa shape index (κ1) is 17.8. The molecular formula is C20H17F3N2O. The smallest absolute Gasteiger partial charge is 0.416 e. The minimum atomic E-state index is -4.38. The molecule has 0 saturated carbocycles. The fraction of sp³-hybridized carbons (Fsp3) is 0.150. The van der Waals surface area contributed by atoms with Gasteiger partial charge in [0.15, 0.2) is 0 Å². The second-order valence-corrected chi connectivity index (χ2v) is 5.54. The topological polar surface area (TPSA) is 26.5 Å². The Balaban J connectivity index is 1.89. The van der Waals surface area contributed by atoms with Crippen LogP contribution in [0.4, 0.5) is 18.9 Å². The molecule has 0 fully saturated rings. The number of hydrogen-bond donors (Lipinski definition) is 0. The molecule has 0 unspecified atom stereocenters.